The largest absolute Gasteiger partial charge is 0.394 e. The highest BCUT2D eigenvalue weighted by atomic mass is 16.1. The van der Waals surface area contributed by atoms with Gasteiger partial charge in [-0.15, -0.1) is 0 Å². The highest BCUT2D eigenvalue weighted by molar-refractivity contribution is 5.96. The van der Waals surface area contributed by atoms with Crippen LogP contribution in [0, 0.1) is 6.92 Å². The number of benzene rings is 1. The van der Waals surface area contributed by atoms with Gasteiger partial charge in [0.05, 0.1) is 5.70 Å². The molecular weight excluding hydrogens is 230 g/mol. The summed E-state index contributed by atoms with van der Waals surface area (Å²) < 4.78 is 0. The number of amides is 1. The number of nitrogens with two attached hydrogens (primary N) is 2. The Hall–Kier alpha value is -2.56. The van der Waals surface area contributed by atoms with Crippen molar-refractivity contribution in [2.45, 2.75) is 6.92 Å². The van der Waals surface area contributed by atoms with Gasteiger partial charge in [0.1, 0.15) is 0 Å². The standard InChI is InChI=1S/C13H13N3O2/c1-7-2-3-11-8(4-7)5-9(13(18)16-11)6-10(14)12(15)17/h2-6H,14H2,1H3,(H2,15,17)(H,16,18)/b10-6+. The van der Waals surface area contributed by atoms with Crippen molar-refractivity contribution in [3.05, 3.63) is 51.4 Å². The highest BCUT2D eigenvalue weighted by Crippen LogP contribution is 2.14. The van der Waals surface area contributed by atoms with Gasteiger partial charge >= 0.3 is 0 Å². The molecule has 18 heavy (non-hydrogen) atoms. The maximum atomic E-state index is 11.8. The maximum absolute atomic E-state index is 11.8. The molecule has 0 aliphatic carbocycles. The van der Waals surface area contributed by atoms with Crippen molar-refractivity contribution in [2.75, 3.05) is 0 Å². The summed E-state index contributed by atoms with van der Waals surface area (Å²) in [6.45, 7) is 1.96. The monoisotopic (exact) mass is 243 g/mol. The fourth-order valence-electron chi connectivity index (χ4n) is 1.69. The average molecular weight is 243 g/mol. The van der Waals surface area contributed by atoms with E-state index in [4.69, 9.17) is 11.5 Å². The van der Waals surface area contributed by atoms with E-state index in [1.165, 1.54) is 6.08 Å². The Kier molecular flexibility index (Phi) is 2.89. The molecule has 5 nitrogen and oxygen atoms in total. The van der Waals surface area contributed by atoms with Crippen molar-refractivity contribution in [1.29, 1.82) is 0 Å². The average Bonchev–Trinajstić information content (AvgIpc) is 2.30. The zero-order chi connectivity index (χ0) is 13.3. The van der Waals surface area contributed by atoms with Crippen molar-refractivity contribution in [2.24, 2.45) is 11.5 Å². The lowest BCUT2D eigenvalue weighted by molar-refractivity contribution is -0.114. The van der Waals surface area contributed by atoms with Gasteiger partial charge in [-0.05, 0) is 36.6 Å². The Morgan fingerprint density at radius 3 is 2.67 bits per heavy atom. The van der Waals surface area contributed by atoms with Crippen LogP contribution in [-0.2, 0) is 4.79 Å². The second kappa shape index (κ2) is 4.37. The zero-order valence-corrected chi connectivity index (χ0v) is 9.86. The van der Waals surface area contributed by atoms with E-state index < -0.39 is 5.91 Å². The summed E-state index contributed by atoms with van der Waals surface area (Å²) in [5.41, 5.74) is 12.1. The molecule has 5 heteroatoms. The molecule has 1 aromatic carbocycles. The fourth-order valence-corrected chi connectivity index (χ4v) is 1.69. The van der Waals surface area contributed by atoms with Gasteiger partial charge in [-0.25, -0.2) is 0 Å². The molecule has 5 N–H and O–H groups in total. The SMILES string of the molecule is Cc1ccc2[nH]c(=O)c(/C=C(/N)C(N)=O)cc2c1. The van der Waals surface area contributed by atoms with E-state index in [9.17, 15) is 9.59 Å². The molecule has 2 aromatic rings. The molecule has 2 rings (SSSR count). The number of fused-ring (bicyclic) bond motifs is 1. The Bertz CT molecular complexity index is 714. The molecule has 92 valence electrons. The number of primary amides is 1. The van der Waals surface area contributed by atoms with Gasteiger partial charge in [0.25, 0.3) is 11.5 Å². The van der Waals surface area contributed by atoms with Crippen molar-refractivity contribution in [1.82, 2.24) is 4.98 Å². The predicted molar refractivity (Wildman–Crippen MR) is 70.7 cm³/mol. The van der Waals surface area contributed by atoms with E-state index >= 15 is 0 Å². The van der Waals surface area contributed by atoms with Gasteiger partial charge in [-0.3, -0.25) is 9.59 Å². The number of nitrogens with one attached hydrogen (secondary N) is 1. The Balaban J connectivity index is 2.65. The Morgan fingerprint density at radius 2 is 2.00 bits per heavy atom. The van der Waals surface area contributed by atoms with E-state index in [2.05, 4.69) is 4.98 Å². The van der Waals surface area contributed by atoms with Crippen LogP contribution < -0.4 is 17.0 Å². The van der Waals surface area contributed by atoms with Crippen LogP contribution >= 0.6 is 0 Å². The minimum atomic E-state index is -0.751. The molecule has 1 amide bonds. The molecule has 0 atom stereocenters. The first-order valence-electron chi connectivity index (χ1n) is 5.38. The number of carbonyl (C=O) groups excluding carboxylic acids is 1. The summed E-state index contributed by atoms with van der Waals surface area (Å²) in [6, 6.07) is 7.35. The first-order chi connectivity index (χ1) is 8.47. The lowest BCUT2D eigenvalue weighted by Crippen LogP contribution is -2.21. The van der Waals surface area contributed by atoms with E-state index in [1.54, 1.807) is 6.07 Å². The minimum absolute atomic E-state index is 0.146. The number of pyridine rings is 1. The summed E-state index contributed by atoms with van der Waals surface area (Å²) in [6.07, 6.45) is 1.28. The van der Waals surface area contributed by atoms with Crippen LogP contribution in [0.3, 0.4) is 0 Å². The third-order valence-corrected chi connectivity index (χ3v) is 2.62. The van der Waals surface area contributed by atoms with Gasteiger partial charge in [-0.2, -0.15) is 0 Å². The predicted octanol–water partition coefficient (Wildman–Crippen LogP) is 0.621. The van der Waals surface area contributed by atoms with Crippen molar-refractivity contribution < 1.29 is 4.79 Å². The Labute approximate surface area is 103 Å². The first kappa shape index (κ1) is 11.9. The molecule has 0 aliphatic heterocycles. The van der Waals surface area contributed by atoms with Crippen LogP contribution in [0.1, 0.15) is 11.1 Å². The van der Waals surface area contributed by atoms with Crippen LogP contribution in [0.5, 0.6) is 0 Å². The van der Waals surface area contributed by atoms with Gasteiger partial charge in [-0.1, -0.05) is 11.6 Å². The topological polar surface area (TPSA) is 102 Å². The van der Waals surface area contributed by atoms with E-state index in [-0.39, 0.29) is 11.3 Å². The van der Waals surface area contributed by atoms with E-state index in [1.807, 2.05) is 25.1 Å². The van der Waals surface area contributed by atoms with Crippen LogP contribution in [-0.4, -0.2) is 10.9 Å². The lowest BCUT2D eigenvalue weighted by atomic mass is 10.1. The van der Waals surface area contributed by atoms with E-state index in [0.29, 0.717) is 5.56 Å². The van der Waals surface area contributed by atoms with Crippen molar-refractivity contribution in [3.63, 3.8) is 0 Å². The van der Waals surface area contributed by atoms with Crippen LogP contribution in [0.15, 0.2) is 34.8 Å². The molecule has 1 aromatic heterocycles. The van der Waals surface area contributed by atoms with Crippen LogP contribution in [0.4, 0.5) is 0 Å². The molecule has 0 bridgehead atoms. The summed E-state index contributed by atoms with van der Waals surface area (Å²) >= 11 is 0. The number of aryl methyl sites for hydroxylation is 1. The van der Waals surface area contributed by atoms with E-state index in [0.717, 1.165) is 16.5 Å². The first-order valence-corrected chi connectivity index (χ1v) is 5.38. The molecular formula is C13H13N3O2. The number of hydrogen-bond acceptors (Lipinski definition) is 3. The molecule has 1 heterocycles. The van der Waals surface area contributed by atoms with Crippen molar-refractivity contribution >= 4 is 22.9 Å². The summed E-state index contributed by atoms with van der Waals surface area (Å²) in [5.74, 6) is -0.751. The number of rotatable bonds is 2. The van der Waals surface area contributed by atoms with Gasteiger partial charge < -0.3 is 16.5 Å². The highest BCUT2D eigenvalue weighted by Gasteiger charge is 2.04. The maximum Gasteiger partial charge on any atom is 0.264 e. The minimum Gasteiger partial charge on any atom is -0.394 e. The molecule has 0 radical (unpaired) electrons. The number of carbonyl (C=O) groups is 1. The third-order valence-electron chi connectivity index (χ3n) is 2.62. The molecule has 0 saturated carbocycles. The number of aromatic nitrogens is 1. The summed E-state index contributed by atoms with van der Waals surface area (Å²) in [4.78, 5) is 25.3. The summed E-state index contributed by atoms with van der Waals surface area (Å²) in [5, 5.41) is 0.873. The normalized spacial score (nSPS) is 11.7. The van der Waals surface area contributed by atoms with Gasteiger partial charge in [0.2, 0.25) is 0 Å². The summed E-state index contributed by atoms with van der Waals surface area (Å²) in [7, 11) is 0. The molecule has 0 fully saturated rings. The second-order valence-corrected chi connectivity index (χ2v) is 4.11. The number of hydrogen-bond donors (Lipinski definition) is 3. The van der Waals surface area contributed by atoms with Crippen molar-refractivity contribution in [3.8, 4) is 0 Å². The quantitative estimate of drug-likeness (QED) is 0.674. The Morgan fingerprint density at radius 1 is 1.28 bits per heavy atom. The zero-order valence-electron chi connectivity index (χ0n) is 9.86. The number of aromatic amines is 1. The molecule has 0 saturated heterocycles. The van der Waals surface area contributed by atoms with Gasteiger partial charge in [0.15, 0.2) is 0 Å². The van der Waals surface area contributed by atoms with Crippen LogP contribution in [0.25, 0.3) is 17.0 Å². The lowest BCUT2D eigenvalue weighted by Gasteiger charge is -2.02. The number of H-pyrrole nitrogens is 1. The third kappa shape index (κ3) is 2.24. The fraction of sp³-hybridized carbons (Fsp3) is 0.0769. The van der Waals surface area contributed by atoms with Crippen LogP contribution in [0.2, 0.25) is 0 Å². The van der Waals surface area contributed by atoms with Gasteiger partial charge in [0, 0.05) is 11.1 Å². The molecule has 0 unspecified atom stereocenters. The smallest absolute Gasteiger partial charge is 0.264 e. The molecule has 0 aliphatic rings. The molecule has 0 spiro atoms. The second-order valence-electron chi connectivity index (χ2n) is 4.11.